The van der Waals surface area contributed by atoms with Crippen molar-refractivity contribution in [3.8, 4) is 0 Å². The molecular weight excluding hydrogens is 336 g/mol. The van der Waals surface area contributed by atoms with Crippen LogP contribution >= 0.6 is 12.4 Å². The summed E-state index contributed by atoms with van der Waals surface area (Å²) in [5.74, 6) is 0.175. The van der Waals surface area contributed by atoms with E-state index in [1.807, 2.05) is 0 Å². The van der Waals surface area contributed by atoms with Crippen molar-refractivity contribution in [2.75, 3.05) is 26.8 Å². The highest BCUT2D eigenvalue weighted by Crippen LogP contribution is 2.35. The Morgan fingerprint density at radius 2 is 1.96 bits per heavy atom. The smallest absolute Gasteiger partial charge is 0.237 e. The van der Waals surface area contributed by atoms with Crippen molar-refractivity contribution in [1.29, 1.82) is 0 Å². The SMILES string of the molecule is COCCNCC(=O)N(C1CC1)C(C)c1ccc2ccccc2c1.Cl. The molecule has 1 saturated carbocycles. The lowest BCUT2D eigenvalue weighted by molar-refractivity contribution is -0.133. The molecule has 0 heterocycles. The summed E-state index contributed by atoms with van der Waals surface area (Å²) in [7, 11) is 1.67. The van der Waals surface area contributed by atoms with Crippen LogP contribution in [0.1, 0.15) is 31.4 Å². The number of fused-ring (bicyclic) bond motifs is 1. The van der Waals surface area contributed by atoms with Gasteiger partial charge < -0.3 is 15.0 Å². The van der Waals surface area contributed by atoms with E-state index in [0.717, 1.165) is 12.8 Å². The number of ether oxygens (including phenoxy) is 1. The molecule has 1 fully saturated rings. The Balaban J connectivity index is 0.00000225. The number of nitrogens with zero attached hydrogens (tertiary/aromatic N) is 1. The number of halogens is 1. The molecule has 5 heteroatoms. The minimum Gasteiger partial charge on any atom is -0.383 e. The summed E-state index contributed by atoms with van der Waals surface area (Å²) >= 11 is 0. The molecule has 2 aromatic rings. The van der Waals surface area contributed by atoms with Gasteiger partial charge in [0.2, 0.25) is 5.91 Å². The molecule has 1 unspecified atom stereocenters. The fourth-order valence-electron chi connectivity index (χ4n) is 3.18. The lowest BCUT2D eigenvalue weighted by Gasteiger charge is -2.30. The van der Waals surface area contributed by atoms with Crippen LogP contribution in [0.4, 0.5) is 0 Å². The molecule has 1 aliphatic carbocycles. The summed E-state index contributed by atoms with van der Waals surface area (Å²) in [6.45, 7) is 3.83. The average Bonchev–Trinajstić information content (AvgIpc) is 3.43. The molecule has 1 amide bonds. The molecule has 4 nitrogen and oxygen atoms in total. The summed E-state index contributed by atoms with van der Waals surface area (Å²) in [5.41, 5.74) is 1.20. The molecule has 1 atom stereocenters. The maximum Gasteiger partial charge on any atom is 0.237 e. The summed E-state index contributed by atoms with van der Waals surface area (Å²) in [6, 6.07) is 15.3. The van der Waals surface area contributed by atoms with E-state index in [1.54, 1.807) is 7.11 Å². The number of amides is 1. The molecular formula is C20H27ClN2O2. The zero-order valence-corrected chi connectivity index (χ0v) is 15.7. The predicted molar refractivity (Wildman–Crippen MR) is 104 cm³/mol. The zero-order chi connectivity index (χ0) is 16.9. The van der Waals surface area contributed by atoms with Crippen LogP contribution in [0.5, 0.6) is 0 Å². The number of hydrogen-bond donors (Lipinski definition) is 1. The van der Waals surface area contributed by atoms with Crippen LogP contribution in [0.3, 0.4) is 0 Å². The Morgan fingerprint density at radius 1 is 1.24 bits per heavy atom. The molecule has 0 bridgehead atoms. The standard InChI is InChI=1S/C20H26N2O2.ClH/c1-15(17-8-7-16-5-3-4-6-18(16)13-17)22(19-9-10-19)20(23)14-21-11-12-24-2;/h3-8,13,15,19,21H,9-12,14H2,1-2H3;1H. The van der Waals surface area contributed by atoms with Gasteiger partial charge in [0.25, 0.3) is 0 Å². The second-order valence-electron chi connectivity index (χ2n) is 6.48. The highest BCUT2D eigenvalue weighted by atomic mass is 35.5. The van der Waals surface area contributed by atoms with Gasteiger partial charge in [-0.25, -0.2) is 0 Å². The van der Waals surface area contributed by atoms with Crippen molar-refractivity contribution in [2.24, 2.45) is 0 Å². The van der Waals surface area contributed by atoms with E-state index < -0.39 is 0 Å². The van der Waals surface area contributed by atoms with Gasteiger partial charge in [-0.2, -0.15) is 0 Å². The van der Waals surface area contributed by atoms with Crippen LogP contribution in [0.25, 0.3) is 10.8 Å². The molecule has 1 N–H and O–H groups in total. The van der Waals surface area contributed by atoms with Crippen molar-refractivity contribution >= 4 is 29.1 Å². The normalized spacial score (nSPS) is 14.8. The summed E-state index contributed by atoms with van der Waals surface area (Å²) in [4.78, 5) is 14.7. The molecule has 0 spiro atoms. The number of carbonyl (C=O) groups is 1. The number of nitrogens with one attached hydrogen (secondary N) is 1. The van der Waals surface area contributed by atoms with Gasteiger partial charge >= 0.3 is 0 Å². The van der Waals surface area contributed by atoms with Gasteiger partial charge in [-0.15, -0.1) is 12.4 Å². The van der Waals surface area contributed by atoms with Crippen LogP contribution in [-0.4, -0.2) is 43.7 Å². The van der Waals surface area contributed by atoms with Gasteiger partial charge in [0, 0.05) is 19.7 Å². The minimum absolute atomic E-state index is 0. The maximum atomic E-state index is 12.7. The molecule has 3 rings (SSSR count). The quantitative estimate of drug-likeness (QED) is 0.730. The van der Waals surface area contributed by atoms with Gasteiger partial charge in [-0.3, -0.25) is 4.79 Å². The van der Waals surface area contributed by atoms with E-state index in [1.165, 1.54) is 16.3 Å². The highest BCUT2D eigenvalue weighted by molar-refractivity contribution is 5.85. The van der Waals surface area contributed by atoms with Crippen molar-refractivity contribution in [3.05, 3.63) is 48.0 Å². The van der Waals surface area contributed by atoms with Gasteiger partial charge in [0.05, 0.1) is 19.2 Å². The second kappa shape index (κ2) is 9.18. The first kappa shape index (κ1) is 19.7. The molecule has 0 radical (unpaired) electrons. The Hall–Kier alpha value is -1.62. The van der Waals surface area contributed by atoms with E-state index >= 15 is 0 Å². The third kappa shape index (κ3) is 4.94. The topological polar surface area (TPSA) is 41.6 Å². The van der Waals surface area contributed by atoms with Gasteiger partial charge in [-0.1, -0.05) is 36.4 Å². The van der Waals surface area contributed by atoms with Crippen molar-refractivity contribution in [2.45, 2.75) is 31.8 Å². The second-order valence-corrected chi connectivity index (χ2v) is 6.48. The van der Waals surface area contributed by atoms with Crippen LogP contribution in [0, 0.1) is 0 Å². The van der Waals surface area contributed by atoms with Crippen molar-refractivity contribution in [3.63, 3.8) is 0 Å². The fraction of sp³-hybridized carbons (Fsp3) is 0.450. The van der Waals surface area contributed by atoms with Gasteiger partial charge in [0.1, 0.15) is 0 Å². The molecule has 25 heavy (non-hydrogen) atoms. The van der Waals surface area contributed by atoms with Gasteiger partial charge in [-0.05, 0) is 42.2 Å². The van der Waals surface area contributed by atoms with E-state index in [0.29, 0.717) is 25.7 Å². The summed E-state index contributed by atoms with van der Waals surface area (Å²) < 4.78 is 5.01. The molecule has 1 aliphatic rings. The summed E-state index contributed by atoms with van der Waals surface area (Å²) in [6.07, 6.45) is 2.23. The third-order valence-electron chi connectivity index (χ3n) is 4.66. The fourth-order valence-corrected chi connectivity index (χ4v) is 3.18. The van der Waals surface area contributed by atoms with Crippen LogP contribution in [0.15, 0.2) is 42.5 Å². The molecule has 2 aromatic carbocycles. The first-order valence-electron chi connectivity index (χ1n) is 8.70. The maximum absolute atomic E-state index is 12.7. The van der Waals surface area contributed by atoms with Crippen molar-refractivity contribution in [1.82, 2.24) is 10.2 Å². The van der Waals surface area contributed by atoms with Crippen LogP contribution in [0.2, 0.25) is 0 Å². The molecule has 0 aromatic heterocycles. The largest absolute Gasteiger partial charge is 0.383 e. The van der Waals surface area contributed by atoms with E-state index in [4.69, 9.17) is 4.74 Å². The lowest BCUT2D eigenvalue weighted by atomic mass is 10.0. The van der Waals surface area contributed by atoms with Gasteiger partial charge in [0.15, 0.2) is 0 Å². The monoisotopic (exact) mass is 362 g/mol. The Kier molecular flexibility index (Phi) is 7.24. The Morgan fingerprint density at radius 3 is 2.64 bits per heavy atom. The predicted octanol–water partition coefficient (Wildman–Crippen LogP) is 3.55. The first-order chi connectivity index (χ1) is 11.7. The first-order valence-corrected chi connectivity index (χ1v) is 8.70. The average molecular weight is 363 g/mol. The molecule has 136 valence electrons. The Bertz CT molecular complexity index is 703. The number of carbonyl (C=O) groups excluding carboxylic acids is 1. The third-order valence-corrected chi connectivity index (χ3v) is 4.66. The molecule has 0 saturated heterocycles. The van der Waals surface area contributed by atoms with Crippen LogP contribution in [-0.2, 0) is 9.53 Å². The van der Waals surface area contributed by atoms with Crippen LogP contribution < -0.4 is 5.32 Å². The lowest BCUT2D eigenvalue weighted by Crippen LogP contribution is -2.41. The Labute approximate surface area is 155 Å². The highest BCUT2D eigenvalue weighted by Gasteiger charge is 2.35. The zero-order valence-electron chi connectivity index (χ0n) is 14.9. The van der Waals surface area contributed by atoms with E-state index in [2.05, 4.69) is 59.6 Å². The molecule has 0 aliphatic heterocycles. The van der Waals surface area contributed by atoms with Crippen molar-refractivity contribution < 1.29 is 9.53 Å². The summed E-state index contributed by atoms with van der Waals surface area (Å²) in [5, 5.41) is 5.63. The minimum atomic E-state index is 0. The number of methoxy groups -OCH3 is 1. The van der Waals surface area contributed by atoms with E-state index in [-0.39, 0.29) is 24.4 Å². The van der Waals surface area contributed by atoms with E-state index in [9.17, 15) is 4.79 Å². The number of rotatable bonds is 8. The number of hydrogen-bond acceptors (Lipinski definition) is 3. The number of benzene rings is 2.